The molecule has 3 N–H and O–H groups in total. The number of fused-ring (bicyclic) bond motifs is 3. The van der Waals surface area contributed by atoms with E-state index in [9.17, 15) is 19.5 Å². The Morgan fingerprint density at radius 2 is 1.54 bits per heavy atom. The molecule has 0 radical (unpaired) electrons. The Hall–Kier alpha value is -3.39. The van der Waals surface area contributed by atoms with Crippen LogP contribution in [0.15, 0.2) is 48.5 Å². The lowest BCUT2D eigenvalue weighted by Gasteiger charge is -2.24. The Labute approximate surface area is 206 Å². The number of carbonyl (C=O) groups excluding carboxylic acids is 2. The number of benzene rings is 2. The highest BCUT2D eigenvalue weighted by Gasteiger charge is 2.30. The van der Waals surface area contributed by atoms with Gasteiger partial charge in [0.15, 0.2) is 6.04 Å². The first-order valence-electron chi connectivity index (χ1n) is 11.9. The van der Waals surface area contributed by atoms with Crippen molar-refractivity contribution in [1.29, 1.82) is 0 Å². The van der Waals surface area contributed by atoms with Crippen molar-refractivity contribution in [2.75, 3.05) is 20.3 Å². The van der Waals surface area contributed by atoms with E-state index in [1.807, 2.05) is 38.1 Å². The fourth-order valence-electron chi connectivity index (χ4n) is 4.39. The molecule has 1 aliphatic rings. The first-order valence-corrected chi connectivity index (χ1v) is 11.9. The van der Waals surface area contributed by atoms with Gasteiger partial charge in [0.25, 0.3) is 0 Å². The average Bonchev–Trinajstić information content (AvgIpc) is 3.16. The van der Waals surface area contributed by atoms with Crippen molar-refractivity contribution in [2.45, 2.75) is 45.3 Å². The molecule has 8 nitrogen and oxygen atoms in total. The highest BCUT2D eigenvalue weighted by molar-refractivity contribution is 5.84. The monoisotopic (exact) mass is 482 g/mol. The second kappa shape index (κ2) is 11.8. The Bertz CT molecular complexity index is 1010. The predicted molar refractivity (Wildman–Crippen MR) is 132 cm³/mol. The van der Waals surface area contributed by atoms with E-state index in [1.54, 1.807) is 6.92 Å². The Morgan fingerprint density at radius 1 is 0.971 bits per heavy atom. The van der Waals surface area contributed by atoms with Gasteiger partial charge < -0.3 is 25.2 Å². The highest BCUT2D eigenvalue weighted by atomic mass is 16.5. The molecule has 188 valence electrons. The Kier molecular flexibility index (Phi) is 8.87. The van der Waals surface area contributed by atoms with E-state index in [4.69, 9.17) is 9.47 Å². The van der Waals surface area contributed by atoms with E-state index >= 15 is 0 Å². The van der Waals surface area contributed by atoms with Gasteiger partial charge in [0.1, 0.15) is 6.61 Å². The molecule has 8 heteroatoms. The molecule has 2 amide bonds. The maximum Gasteiger partial charge on any atom is 0.407 e. The van der Waals surface area contributed by atoms with Crippen LogP contribution in [-0.4, -0.2) is 55.5 Å². The van der Waals surface area contributed by atoms with Gasteiger partial charge in [0, 0.05) is 26.0 Å². The third-order valence-corrected chi connectivity index (χ3v) is 6.67. The van der Waals surface area contributed by atoms with Crippen LogP contribution in [0.2, 0.25) is 0 Å². The van der Waals surface area contributed by atoms with Gasteiger partial charge in [-0.2, -0.15) is 0 Å². The van der Waals surface area contributed by atoms with Crippen LogP contribution in [0.3, 0.4) is 0 Å². The van der Waals surface area contributed by atoms with E-state index in [0.717, 1.165) is 22.3 Å². The van der Waals surface area contributed by atoms with Crippen LogP contribution >= 0.6 is 0 Å². The van der Waals surface area contributed by atoms with Gasteiger partial charge in [-0.1, -0.05) is 62.4 Å². The zero-order valence-electron chi connectivity index (χ0n) is 20.6. The molecular weight excluding hydrogens is 448 g/mol. The van der Waals surface area contributed by atoms with Crippen LogP contribution in [0.1, 0.15) is 44.2 Å². The molecule has 0 spiro atoms. The van der Waals surface area contributed by atoms with E-state index in [1.165, 1.54) is 7.11 Å². The number of carbonyl (C=O) groups is 3. The number of carboxylic acid groups (broad SMARTS) is 1. The first-order chi connectivity index (χ1) is 16.7. The lowest BCUT2D eigenvalue weighted by molar-refractivity contribution is -0.145. The molecule has 0 bridgehead atoms. The lowest BCUT2D eigenvalue weighted by Crippen LogP contribution is -2.49. The molecule has 0 aromatic heterocycles. The minimum absolute atomic E-state index is 0.0319. The third-order valence-electron chi connectivity index (χ3n) is 6.67. The zero-order valence-corrected chi connectivity index (χ0v) is 20.6. The molecule has 0 heterocycles. The molecule has 2 aromatic carbocycles. The third kappa shape index (κ3) is 6.39. The second-order valence-electron chi connectivity index (χ2n) is 9.24. The number of methoxy groups -OCH3 is 1. The summed E-state index contributed by atoms with van der Waals surface area (Å²) in [5.41, 5.74) is 4.59. The molecule has 1 aliphatic carbocycles. The van der Waals surface area contributed by atoms with E-state index in [-0.39, 0.29) is 37.3 Å². The molecule has 0 fully saturated rings. The summed E-state index contributed by atoms with van der Waals surface area (Å²) in [4.78, 5) is 36.4. The SMILES string of the molecule is CO[C@H](C)[C@H](NC(=O)CC(CNC(=O)OCC1c2ccccc2-c2ccccc21)C(C)C)C(=O)O. The van der Waals surface area contributed by atoms with E-state index in [0.29, 0.717) is 0 Å². The van der Waals surface area contributed by atoms with Gasteiger partial charge in [0.05, 0.1) is 6.10 Å². The largest absolute Gasteiger partial charge is 0.480 e. The van der Waals surface area contributed by atoms with Crippen molar-refractivity contribution < 1.29 is 29.0 Å². The van der Waals surface area contributed by atoms with Crippen LogP contribution in [0, 0.1) is 11.8 Å². The van der Waals surface area contributed by atoms with Crippen molar-refractivity contribution in [2.24, 2.45) is 11.8 Å². The molecule has 3 atom stereocenters. The number of ether oxygens (including phenoxy) is 2. The fourth-order valence-corrected chi connectivity index (χ4v) is 4.39. The number of carboxylic acids is 1. The molecule has 35 heavy (non-hydrogen) atoms. The topological polar surface area (TPSA) is 114 Å². The molecule has 2 aromatic rings. The number of nitrogens with one attached hydrogen (secondary N) is 2. The van der Waals surface area contributed by atoms with E-state index < -0.39 is 30.1 Å². The summed E-state index contributed by atoms with van der Waals surface area (Å²) >= 11 is 0. The lowest BCUT2D eigenvalue weighted by atomic mass is 9.92. The average molecular weight is 483 g/mol. The maximum atomic E-state index is 12.5. The minimum atomic E-state index is -1.16. The summed E-state index contributed by atoms with van der Waals surface area (Å²) in [6, 6.07) is 15.1. The van der Waals surface area contributed by atoms with Crippen molar-refractivity contribution in [1.82, 2.24) is 10.6 Å². The van der Waals surface area contributed by atoms with Gasteiger partial charge in [-0.3, -0.25) is 4.79 Å². The Morgan fingerprint density at radius 3 is 2.06 bits per heavy atom. The molecule has 0 saturated heterocycles. The molecular formula is C27H34N2O6. The van der Waals surface area contributed by atoms with Gasteiger partial charge in [-0.25, -0.2) is 9.59 Å². The summed E-state index contributed by atoms with van der Waals surface area (Å²) in [7, 11) is 1.39. The van der Waals surface area contributed by atoms with Gasteiger partial charge >= 0.3 is 12.1 Å². The summed E-state index contributed by atoms with van der Waals surface area (Å²) in [6.45, 7) is 5.92. The van der Waals surface area contributed by atoms with Crippen LogP contribution < -0.4 is 10.6 Å². The van der Waals surface area contributed by atoms with E-state index in [2.05, 4.69) is 34.9 Å². The Balaban J connectivity index is 1.54. The number of alkyl carbamates (subject to hydrolysis) is 1. The van der Waals surface area contributed by atoms with Crippen LogP contribution in [0.5, 0.6) is 0 Å². The molecule has 1 unspecified atom stereocenters. The predicted octanol–water partition coefficient (Wildman–Crippen LogP) is 3.79. The van der Waals surface area contributed by atoms with Gasteiger partial charge in [-0.05, 0) is 41.0 Å². The van der Waals surface area contributed by atoms with Crippen LogP contribution in [0.4, 0.5) is 4.79 Å². The number of hydrogen-bond donors (Lipinski definition) is 3. The molecule has 3 rings (SSSR count). The summed E-state index contributed by atoms with van der Waals surface area (Å²) in [5.74, 6) is -1.71. The number of rotatable bonds is 11. The first kappa shape index (κ1) is 26.2. The van der Waals surface area contributed by atoms with Crippen molar-refractivity contribution >= 4 is 18.0 Å². The van der Waals surface area contributed by atoms with Gasteiger partial charge in [0.2, 0.25) is 5.91 Å². The standard InChI is InChI=1S/C27H34N2O6/c1-16(2)18(13-24(30)29-25(26(31)32)17(3)34-4)14-28-27(33)35-15-23-21-11-7-5-9-19(21)20-10-6-8-12-22(20)23/h5-12,16-18,23,25H,13-15H2,1-4H3,(H,28,33)(H,29,30)(H,31,32)/t17-,18?,25+/m1/s1. The maximum absolute atomic E-state index is 12.5. The van der Waals surface area contributed by atoms with Crippen molar-refractivity contribution in [3.05, 3.63) is 59.7 Å². The smallest absolute Gasteiger partial charge is 0.407 e. The van der Waals surface area contributed by atoms with Crippen molar-refractivity contribution in [3.63, 3.8) is 0 Å². The zero-order chi connectivity index (χ0) is 25.5. The summed E-state index contributed by atoms with van der Waals surface area (Å²) in [5, 5.41) is 14.6. The number of amides is 2. The molecule has 0 saturated carbocycles. The summed E-state index contributed by atoms with van der Waals surface area (Å²) < 4.78 is 10.6. The van der Waals surface area contributed by atoms with Crippen LogP contribution in [0.25, 0.3) is 11.1 Å². The fraction of sp³-hybridized carbons (Fsp3) is 0.444. The quantitative estimate of drug-likeness (QED) is 0.449. The number of hydrogen-bond acceptors (Lipinski definition) is 5. The minimum Gasteiger partial charge on any atom is -0.480 e. The second-order valence-corrected chi connectivity index (χ2v) is 9.24. The van der Waals surface area contributed by atoms with Crippen molar-refractivity contribution in [3.8, 4) is 11.1 Å². The summed E-state index contributed by atoms with van der Waals surface area (Å²) in [6.07, 6.45) is -1.15. The van der Waals surface area contributed by atoms with Crippen LogP contribution in [-0.2, 0) is 19.1 Å². The normalized spacial score (nSPS) is 15.0. The number of aliphatic carboxylic acids is 1. The van der Waals surface area contributed by atoms with Gasteiger partial charge in [-0.15, -0.1) is 0 Å². The molecule has 0 aliphatic heterocycles. The highest BCUT2D eigenvalue weighted by Crippen LogP contribution is 2.44.